The molecule has 0 radical (unpaired) electrons. The van der Waals surface area contributed by atoms with Gasteiger partial charge in [-0.1, -0.05) is 23.7 Å². The number of ether oxygens (including phenoxy) is 1. The summed E-state index contributed by atoms with van der Waals surface area (Å²) in [4.78, 5) is 22.5. The molecular formula is C19H20ClFN4O2. The molecule has 0 fully saturated rings. The van der Waals surface area contributed by atoms with Crippen molar-refractivity contribution in [3.05, 3.63) is 58.5 Å². The molecule has 0 saturated heterocycles. The Kier molecular flexibility index (Phi) is 6.36. The molecule has 0 atom stereocenters. The summed E-state index contributed by atoms with van der Waals surface area (Å²) in [7, 11) is 1.62. The van der Waals surface area contributed by atoms with Gasteiger partial charge >= 0.3 is 6.03 Å². The Morgan fingerprint density at radius 2 is 2.15 bits per heavy atom. The Bertz CT molecular complexity index is 842. The van der Waals surface area contributed by atoms with Gasteiger partial charge in [0.25, 0.3) is 0 Å². The topological polar surface area (TPSA) is 67.3 Å². The molecule has 1 N–H and O–H groups in total. The van der Waals surface area contributed by atoms with E-state index in [1.165, 1.54) is 6.20 Å². The van der Waals surface area contributed by atoms with Crippen LogP contribution in [-0.2, 0) is 18.0 Å². The van der Waals surface area contributed by atoms with Crippen LogP contribution in [0.2, 0.25) is 5.02 Å². The van der Waals surface area contributed by atoms with E-state index >= 15 is 0 Å². The minimum absolute atomic E-state index is 0.250. The summed E-state index contributed by atoms with van der Waals surface area (Å²) in [5.74, 6) is 0.394. The number of alkyl halides is 1. The van der Waals surface area contributed by atoms with Gasteiger partial charge in [-0.25, -0.2) is 14.2 Å². The average Bonchev–Trinajstić information content (AvgIpc) is 2.69. The van der Waals surface area contributed by atoms with Crippen LogP contribution in [0.4, 0.5) is 15.0 Å². The summed E-state index contributed by atoms with van der Waals surface area (Å²) in [6, 6.07) is 4.78. The van der Waals surface area contributed by atoms with Crippen molar-refractivity contribution in [3.63, 3.8) is 0 Å². The maximum Gasteiger partial charge on any atom is 0.323 e. The standard InChI is InChI=1S/C19H20ClFN4O2/c1-27-12-14-8-16(20)18(23-11-14)15-4-6-25(7-5-15)19(26)24-17-3-2-13(9-21)10-22-17/h2-4,8,10-11H,5-7,9,12H2,1H3,(H,22,24,26). The number of hydrogen-bond acceptors (Lipinski definition) is 4. The second-order valence-electron chi connectivity index (χ2n) is 6.15. The largest absolute Gasteiger partial charge is 0.380 e. The molecule has 2 aromatic rings. The van der Waals surface area contributed by atoms with Gasteiger partial charge in [-0.05, 0) is 29.7 Å². The molecule has 0 saturated carbocycles. The van der Waals surface area contributed by atoms with Crippen LogP contribution in [0.5, 0.6) is 0 Å². The number of rotatable bonds is 5. The van der Waals surface area contributed by atoms with E-state index in [2.05, 4.69) is 15.3 Å². The van der Waals surface area contributed by atoms with Crippen LogP contribution in [0.1, 0.15) is 23.2 Å². The number of methoxy groups -OCH3 is 1. The lowest BCUT2D eigenvalue weighted by Crippen LogP contribution is -2.38. The number of nitrogens with one attached hydrogen (secondary N) is 1. The van der Waals surface area contributed by atoms with Crippen LogP contribution < -0.4 is 5.32 Å². The number of halogens is 2. The molecule has 6 nitrogen and oxygen atoms in total. The normalized spacial score (nSPS) is 14.0. The van der Waals surface area contributed by atoms with Crippen molar-refractivity contribution in [2.24, 2.45) is 0 Å². The van der Waals surface area contributed by atoms with E-state index in [1.54, 1.807) is 30.3 Å². The first-order valence-electron chi connectivity index (χ1n) is 8.50. The Morgan fingerprint density at radius 1 is 1.33 bits per heavy atom. The zero-order valence-corrected chi connectivity index (χ0v) is 15.7. The van der Waals surface area contributed by atoms with E-state index in [-0.39, 0.29) is 6.03 Å². The Hall–Kier alpha value is -2.51. The summed E-state index contributed by atoms with van der Waals surface area (Å²) < 4.78 is 17.6. The van der Waals surface area contributed by atoms with Crippen LogP contribution in [0.15, 0.2) is 36.7 Å². The van der Waals surface area contributed by atoms with Gasteiger partial charge in [0.1, 0.15) is 12.5 Å². The molecule has 0 aliphatic carbocycles. The van der Waals surface area contributed by atoms with Gasteiger partial charge in [0.2, 0.25) is 0 Å². The number of anilines is 1. The van der Waals surface area contributed by atoms with Crippen molar-refractivity contribution in [1.82, 2.24) is 14.9 Å². The van der Waals surface area contributed by atoms with Gasteiger partial charge in [0.05, 0.1) is 17.3 Å². The van der Waals surface area contributed by atoms with Gasteiger partial charge in [0.15, 0.2) is 0 Å². The molecule has 3 heterocycles. The first-order valence-corrected chi connectivity index (χ1v) is 8.88. The summed E-state index contributed by atoms with van der Waals surface area (Å²) in [6.07, 6.45) is 5.76. The predicted octanol–water partition coefficient (Wildman–Crippen LogP) is 4.07. The van der Waals surface area contributed by atoms with E-state index in [1.807, 2.05) is 12.1 Å². The number of aromatic nitrogens is 2. The molecule has 0 bridgehead atoms. The fraction of sp³-hybridized carbons (Fsp3) is 0.316. The van der Waals surface area contributed by atoms with Crippen molar-refractivity contribution in [3.8, 4) is 0 Å². The van der Waals surface area contributed by atoms with Crippen molar-refractivity contribution >= 4 is 29.0 Å². The molecular weight excluding hydrogens is 371 g/mol. The fourth-order valence-corrected chi connectivity index (χ4v) is 3.10. The number of carbonyl (C=O) groups excluding carboxylic acids is 1. The van der Waals surface area contributed by atoms with E-state index in [0.29, 0.717) is 42.5 Å². The zero-order valence-electron chi connectivity index (χ0n) is 14.9. The van der Waals surface area contributed by atoms with E-state index in [0.717, 1.165) is 16.8 Å². The van der Waals surface area contributed by atoms with Gasteiger partial charge in [0, 0.05) is 38.2 Å². The lowest BCUT2D eigenvalue weighted by atomic mass is 10.0. The number of amides is 2. The smallest absolute Gasteiger partial charge is 0.323 e. The molecule has 2 amide bonds. The molecule has 8 heteroatoms. The minimum Gasteiger partial charge on any atom is -0.380 e. The van der Waals surface area contributed by atoms with E-state index in [4.69, 9.17) is 16.3 Å². The number of nitrogens with zero attached hydrogens (tertiary/aromatic N) is 3. The van der Waals surface area contributed by atoms with Crippen LogP contribution in [0.25, 0.3) is 5.57 Å². The SMILES string of the molecule is COCc1cnc(C2=CCN(C(=O)Nc3ccc(CF)cn3)CC2)c(Cl)c1. The van der Waals surface area contributed by atoms with Crippen molar-refractivity contribution in [2.75, 3.05) is 25.5 Å². The third-order valence-corrected chi connectivity index (χ3v) is 4.51. The molecule has 142 valence electrons. The highest BCUT2D eigenvalue weighted by Gasteiger charge is 2.20. The molecule has 1 aliphatic rings. The first-order chi connectivity index (χ1) is 13.1. The van der Waals surface area contributed by atoms with Gasteiger partial charge in [-0.2, -0.15) is 0 Å². The highest BCUT2D eigenvalue weighted by Crippen LogP contribution is 2.27. The summed E-state index contributed by atoms with van der Waals surface area (Å²) in [5, 5.41) is 3.29. The predicted molar refractivity (Wildman–Crippen MR) is 102 cm³/mol. The second kappa shape index (κ2) is 8.92. The summed E-state index contributed by atoms with van der Waals surface area (Å²) >= 11 is 6.34. The molecule has 2 aromatic heterocycles. The third kappa shape index (κ3) is 4.81. The number of carbonyl (C=O) groups is 1. The number of pyridine rings is 2. The van der Waals surface area contributed by atoms with Crippen molar-refractivity contribution < 1.29 is 13.9 Å². The van der Waals surface area contributed by atoms with Crippen molar-refractivity contribution in [1.29, 1.82) is 0 Å². The zero-order chi connectivity index (χ0) is 19.2. The molecule has 0 aromatic carbocycles. The molecule has 0 unspecified atom stereocenters. The molecule has 27 heavy (non-hydrogen) atoms. The maximum atomic E-state index is 12.5. The molecule has 0 spiro atoms. The van der Waals surface area contributed by atoms with Crippen LogP contribution in [0.3, 0.4) is 0 Å². The van der Waals surface area contributed by atoms with Gasteiger partial charge < -0.3 is 9.64 Å². The third-order valence-electron chi connectivity index (χ3n) is 4.22. The maximum absolute atomic E-state index is 12.5. The van der Waals surface area contributed by atoms with E-state index < -0.39 is 6.67 Å². The first kappa shape index (κ1) is 19.3. The quantitative estimate of drug-likeness (QED) is 0.835. The minimum atomic E-state index is -0.579. The van der Waals surface area contributed by atoms with E-state index in [9.17, 15) is 9.18 Å². The van der Waals surface area contributed by atoms with Crippen LogP contribution in [-0.4, -0.2) is 41.1 Å². The van der Waals surface area contributed by atoms with Gasteiger partial charge in [-0.15, -0.1) is 0 Å². The lowest BCUT2D eigenvalue weighted by Gasteiger charge is -2.26. The Labute approximate surface area is 162 Å². The highest BCUT2D eigenvalue weighted by molar-refractivity contribution is 6.32. The molecule has 3 rings (SSSR count). The van der Waals surface area contributed by atoms with Crippen LogP contribution >= 0.6 is 11.6 Å². The van der Waals surface area contributed by atoms with Crippen LogP contribution in [0, 0.1) is 0 Å². The summed E-state index contributed by atoms with van der Waals surface area (Å²) in [6.45, 7) is 0.865. The second-order valence-corrected chi connectivity index (χ2v) is 6.56. The monoisotopic (exact) mass is 390 g/mol. The summed E-state index contributed by atoms with van der Waals surface area (Å²) in [5.41, 5.74) is 3.13. The average molecular weight is 391 g/mol. The number of urea groups is 1. The Balaban J connectivity index is 1.62. The van der Waals surface area contributed by atoms with Crippen molar-refractivity contribution in [2.45, 2.75) is 19.7 Å². The number of hydrogen-bond donors (Lipinski definition) is 1. The Morgan fingerprint density at radius 3 is 2.74 bits per heavy atom. The van der Waals surface area contributed by atoms with Gasteiger partial charge in [-0.3, -0.25) is 10.3 Å². The lowest BCUT2D eigenvalue weighted by molar-refractivity contribution is 0.184. The molecule has 1 aliphatic heterocycles. The fourth-order valence-electron chi connectivity index (χ4n) is 2.79. The highest BCUT2D eigenvalue weighted by atomic mass is 35.5.